The Morgan fingerprint density at radius 2 is 1.94 bits per heavy atom. The number of allylic oxidation sites excluding steroid dienone is 2. The van der Waals surface area contributed by atoms with E-state index in [0.29, 0.717) is 6.08 Å². The maximum atomic E-state index is 12.6. The van der Waals surface area contributed by atoms with Crippen LogP contribution in [0.25, 0.3) is 5.57 Å². The van der Waals surface area contributed by atoms with Gasteiger partial charge in [0.05, 0.1) is 12.7 Å². The van der Waals surface area contributed by atoms with Crippen LogP contribution < -0.4 is 4.74 Å². The number of benzene rings is 1. The SMILES string of the molecule is COc1ccccc1/C(=C\C=O)C(F)(F)F. The first-order chi connectivity index (χ1) is 7.50. The molecule has 1 aromatic rings. The summed E-state index contributed by atoms with van der Waals surface area (Å²) in [5, 5.41) is 0. The van der Waals surface area contributed by atoms with Crippen LogP contribution in [-0.2, 0) is 4.79 Å². The van der Waals surface area contributed by atoms with Gasteiger partial charge in [0, 0.05) is 5.56 Å². The summed E-state index contributed by atoms with van der Waals surface area (Å²) < 4.78 is 42.7. The molecule has 16 heavy (non-hydrogen) atoms. The van der Waals surface area contributed by atoms with Gasteiger partial charge in [-0.1, -0.05) is 18.2 Å². The van der Waals surface area contributed by atoms with Gasteiger partial charge in [0.25, 0.3) is 0 Å². The fourth-order valence-corrected chi connectivity index (χ4v) is 1.27. The van der Waals surface area contributed by atoms with Crippen LogP contribution in [0.5, 0.6) is 5.75 Å². The molecule has 0 amide bonds. The molecule has 5 heteroatoms. The first-order valence-electron chi connectivity index (χ1n) is 4.36. The molecule has 0 fully saturated rings. The number of carbonyl (C=O) groups is 1. The van der Waals surface area contributed by atoms with E-state index in [0.717, 1.165) is 0 Å². The lowest BCUT2D eigenvalue weighted by Gasteiger charge is -2.14. The molecule has 0 N–H and O–H groups in total. The third-order valence-corrected chi connectivity index (χ3v) is 1.94. The molecule has 1 rings (SSSR count). The van der Waals surface area contributed by atoms with E-state index < -0.39 is 11.7 Å². The lowest BCUT2D eigenvalue weighted by atomic mass is 10.0. The van der Waals surface area contributed by atoms with Crippen molar-refractivity contribution in [2.75, 3.05) is 7.11 Å². The standard InChI is InChI=1S/C11H9F3O2/c1-16-10-5-3-2-4-8(10)9(6-7-15)11(12,13)14/h2-7H,1H3/b9-6+. The van der Waals surface area contributed by atoms with Gasteiger partial charge in [-0.15, -0.1) is 0 Å². The third kappa shape index (κ3) is 2.62. The van der Waals surface area contributed by atoms with Gasteiger partial charge in [0.1, 0.15) is 12.0 Å². The molecular formula is C11H9F3O2. The normalized spacial score (nSPS) is 12.4. The van der Waals surface area contributed by atoms with Crippen molar-refractivity contribution in [3.63, 3.8) is 0 Å². The Balaban J connectivity index is 3.33. The van der Waals surface area contributed by atoms with Gasteiger partial charge < -0.3 is 4.74 Å². The van der Waals surface area contributed by atoms with Crippen molar-refractivity contribution >= 4 is 11.9 Å². The van der Waals surface area contributed by atoms with Crippen LogP contribution in [-0.4, -0.2) is 19.6 Å². The van der Waals surface area contributed by atoms with Crippen LogP contribution in [0.2, 0.25) is 0 Å². The Kier molecular flexibility index (Phi) is 3.71. The molecule has 0 aliphatic carbocycles. The molecule has 0 aliphatic rings. The Morgan fingerprint density at radius 1 is 1.31 bits per heavy atom. The second kappa shape index (κ2) is 4.83. The minimum Gasteiger partial charge on any atom is -0.496 e. The zero-order chi connectivity index (χ0) is 12.2. The summed E-state index contributed by atoms with van der Waals surface area (Å²) >= 11 is 0. The highest BCUT2D eigenvalue weighted by Crippen LogP contribution is 2.37. The zero-order valence-electron chi connectivity index (χ0n) is 8.41. The van der Waals surface area contributed by atoms with E-state index >= 15 is 0 Å². The van der Waals surface area contributed by atoms with E-state index in [2.05, 4.69) is 0 Å². The largest absolute Gasteiger partial charge is 0.496 e. The van der Waals surface area contributed by atoms with E-state index in [1.807, 2.05) is 0 Å². The second-order valence-electron chi connectivity index (χ2n) is 2.91. The van der Waals surface area contributed by atoms with Crippen LogP contribution in [0.3, 0.4) is 0 Å². The van der Waals surface area contributed by atoms with E-state index in [-0.39, 0.29) is 17.6 Å². The summed E-state index contributed by atoms with van der Waals surface area (Å²) in [7, 11) is 1.27. The average Bonchev–Trinajstić information content (AvgIpc) is 2.24. The maximum Gasteiger partial charge on any atom is 0.417 e. The van der Waals surface area contributed by atoms with Gasteiger partial charge in [-0.2, -0.15) is 13.2 Å². The molecule has 0 spiro atoms. The molecule has 86 valence electrons. The van der Waals surface area contributed by atoms with E-state index in [4.69, 9.17) is 4.74 Å². The first-order valence-corrected chi connectivity index (χ1v) is 4.36. The summed E-state index contributed by atoms with van der Waals surface area (Å²) in [5.74, 6) is 0.0768. The minimum atomic E-state index is -4.59. The van der Waals surface area contributed by atoms with Crippen LogP contribution in [0.4, 0.5) is 13.2 Å². The predicted octanol–water partition coefficient (Wildman–Crippen LogP) is 2.84. The first kappa shape index (κ1) is 12.3. The number of halogens is 3. The quantitative estimate of drug-likeness (QED) is 0.589. The van der Waals surface area contributed by atoms with Gasteiger partial charge in [-0.3, -0.25) is 4.79 Å². The van der Waals surface area contributed by atoms with Crippen LogP contribution in [0, 0.1) is 0 Å². The van der Waals surface area contributed by atoms with Crippen LogP contribution in [0.1, 0.15) is 5.56 Å². The molecular weight excluding hydrogens is 221 g/mol. The molecule has 0 atom stereocenters. The molecule has 0 saturated heterocycles. The van der Waals surface area contributed by atoms with Gasteiger partial charge in [-0.25, -0.2) is 0 Å². The molecule has 1 aromatic carbocycles. The molecule has 0 bridgehead atoms. The number of aldehydes is 1. The van der Waals surface area contributed by atoms with Gasteiger partial charge in [-0.05, 0) is 12.1 Å². The Morgan fingerprint density at radius 3 is 2.44 bits per heavy atom. The summed E-state index contributed by atoms with van der Waals surface area (Å²) in [5.41, 5.74) is -1.16. The predicted molar refractivity (Wildman–Crippen MR) is 53.1 cm³/mol. The number of hydrogen-bond acceptors (Lipinski definition) is 2. The molecule has 2 nitrogen and oxygen atoms in total. The van der Waals surface area contributed by atoms with Crippen molar-refractivity contribution in [1.29, 1.82) is 0 Å². The van der Waals surface area contributed by atoms with Crippen molar-refractivity contribution in [1.82, 2.24) is 0 Å². The fraction of sp³-hybridized carbons (Fsp3) is 0.182. The highest BCUT2D eigenvalue weighted by Gasteiger charge is 2.35. The number of ether oxygens (including phenoxy) is 1. The Hall–Kier alpha value is -1.78. The summed E-state index contributed by atoms with van der Waals surface area (Å²) in [6, 6.07) is 5.65. The number of hydrogen-bond donors (Lipinski definition) is 0. The van der Waals surface area contributed by atoms with Crippen molar-refractivity contribution in [3.05, 3.63) is 35.9 Å². The van der Waals surface area contributed by atoms with Gasteiger partial charge in [0.15, 0.2) is 0 Å². The second-order valence-corrected chi connectivity index (χ2v) is 2.91. The monoisotopic (exact) mass is 230 g/mol. The van der Waals surface area contributed by atoms with E-state index in [1.54, 1.807) is 6.07 Å². The van der Waals surface area contributed by atoms with Crippen molar-refractivity contribution in [2.24, 2.45) is 0 Å². The lowest BCUT2D eigenvalue weighted by Crippen LogP contribution is -2.11. The van der Waals surface area contributed by atoms with Crippen molar-refractivity contribution in [3.8, 4) is 5.75 Å². The molecule has 0 saturated carbocycles. The minimum absolute atomic E-state index is 0.0768. The number of alkyl halides is 3. The number of carbonyl (C=O) groups excluding carboxylic acids is 1. The highest BCUT2D eigenvalue weighted by molar-refractivity contribution is 5.85. The van der Waals surface area contributed by atoms with Crippen molar-refractivity contribution in [2.45, 2.75) is 6.18 Å². The smallest absolute Gasteiger partial charge is 0.417 e. The highest BCUT2D eigenvalue weighted by atomic mass is 19.4. The summed E-state index contributed by atoms with van der Waals surface area (Å²) in [6.45, 7) is 0. The number of methoxy groups -OCH3 is 1. The number of para-hydroxylation sites is 1. The molecule has 0 unspecified atom stereocenters. The fourth-order valence-electron chi connectivity index (χ4n) is 1.27. The third-order valence-electron chi connectivity index (χ3n) is 1.94. The van der Waals surface area contributed by atoms with Gasteiger partial charge >= 0.3 is 6.18 Å². The molecule has 0 aromatic heterocycles. The molecule has 0 aliphatic heterocycles. The average molecular weight is 230 g/mol. The van der Waals surface area contributed by atoms with Gasteiger partial charge in [0.2, 0.25) is 0 Å². The topological polar surface area (TPSA) is 26.3 Å². The van der Waals surface area contributed by atoms with Crippen LogP contribution in [0.15, 0.2) is 30.3 Å². The van der Waals surface area contributed by atoms with E-state index in [9.17, 15) is 18.0 Å². The van der Waals surface area contributed by atoms with Crippen LogP contribution >= 0.6 is 0 Å². The lowest BCUT2D eigenvalue weighted by molar-refractivity contribution is -0.104. The maximum absolute atomic E-state index is 12.6. The Bertz CT molecular complexity index is 408. The zero-order valence-corrected chi connectivity index (χ0v) is 8.41. The molecule has 0 heterocycles. The molecule has 0 radical (unpaired) electrons. The Labute approximate surface area is 90.3 Å². The van der Waals surface area contributed by atoms with Crippen molar-refractivity contribution < 1.29 is 22.7 Å². The summed E-state index contributed by atoms with van der Waals surface area (Å²) in [6.07, 6.45) is -4.00. The van der Waals surface area contributed by atoms with E-state index in [1.165, 1.54) is 25.3 Å². The summed E-state index contributed by atoms with van der Waals surface area (Å²) in [4.78, 5) is 10.2. The number of rotatable bonds is 3.